The number of nitrogens with zero attached hydrogens (tertiary/aromatic N) is 1. The fraction of sp³-hybridized carbons (Fsp3) is 0.231. The van der Waals surface area contributed by atoms with Crippen LogP contribution in [0.5, 0.6) is 11.5 Å². The average molecular weight is 605 g/mol. The molecule has 1 N–H and O–H groups in total. The third kappa shape index (κ3) is 7.41. The summed E-state index contributed by atoms with van der Waals surface area (Å²) >= 11 is 6.17. The van der Waals surface area contributed by atoms with Crippen LogP contribution < -0.4 is 14.9 Å². The van der Waals surface area contributed by atoms with E-state index in [1.165, 1.54) is 22.6 Å². The third-order valence-corrected chi connectivity index (χ3v) is 8.93. The molecule has 0 saturated carbocycles. The minimum Gasteiger partial charge on any atom is -0.488 e. The van der Waals surface area contributed by atoms with Crippen LogP contribution in [0.15, 0.2) is 71.8 Å². The van der Waals surface area contributed by atoms with Crippen LogP contribution in [0.3, 0.4) is 0 Å². The fourth-order valence-electron chi connectivity index (χ4n) is 3.31. The van der Waals surface area contributed by atoms with Crippen molar-refractivity contribution >= 4 is 58.2 Å². The SMILES string of the molecule is Cc1cccc(COc2ccc(/C=N\NC(=O)COc3ccc(C4SCCS4)cc3)cc2I)c1. The lowest BCUT2D eigenvalue weighted by molar-refractivity contribution is -0.123. The summed E-state index contributed by atoms with van der Waals surface area (Å²) in [6.45, 7) is 2.49. The largest absolute Gasteiger partial charge is 0.488 e. The van der Waals surface area contributed by atoms with Gasteiger partial charge in [-0.15, -0.1) is 23.5 Å². The Morgan fingerprint density at radius 2 is 1.88 bits per heavy atom. The van der Waals surface area contributed by atoms with Crippen LogP contribution in [0.4, 0.5) is 0 Å². The third-order valence-electron chi connectivity index (χ3n) is 4.98. The van der Waals surface area contributed by atoms with Gasteiger partial charge in [-0.05, 0) is 76.5 Å². The number of carbonyl (C=O) groups excluding carboxylic acids is 1. The number of thioether (sulfide) groups is 2. The molecule has 176 valence electrons. The van der Waals surface area contributed by atoms with Gasteiger partial charge in [0.1, 0.15) is 18.1 Å². The predicted octanol–water partition coefficient (Wildman–Crippen LogP) is 6.19. The van der Waals surface area contributed by atoms with Gasteiger partial charge in [-0.2, -0.15) is 5.10 Å². The van der Waals surface area contributed by atoms with Crippen molar-refractivity contribution < 1.29 is 14.3 Å². The van der Waals surface area contributed by atoms with Crippen molar-refractivity contribution in [3.05, 3.63) is 92.6 Å². The van der Waals surface area contributed by atoms with E-state index in [2.05, 4.69) is 70.4 Å². The monoisotopic (exact) mass is 604 g/mol. The summed E-state index contributed by atoms with van der Waals surface area (Å²) in [6.07, 6.45) is 1.61. The second-order valence-electron chi connectivity index (χ2n) is 7.69. The molecule has 3 aromatic carbocycles. The lowest BCUT2D eigenvalue weighted by Crippen LogP contribution is -2.24. The summed E-state index contributed by atoms with van der Waals surface area (Å²) in [7, 11) is 0. The number of halogens is 1. The van der Waals surface area contributed by atoms with E-state index in [1.54, 1.807) is 6.21 Å². The normalized spacial score (nSPS) is 13.8. The van der Waals surface area contributed by atoms with E-state index in [9.17, 15) is 4.79 Å². The molecule has 3 aromatic rings. The highest BCUT2D eigenvalue weighted by Crippen LogP contribution is 2.45. The first-order valence-electron chi connectivity index (χ1n) is 10.8. The number of hydrogen-bond acceptors (Lipinski definition) is 6. The molecule has 0 aliphatic carbocycles. The number of hydrazone groups is 1. The Balaban J connectivity index is 1.21. The highest BCUT2D eigenvalue weighted by atomic mass is 127. The first-order chi connectivity index (χ1) is 16.6. The van der Waals surface area contributed by atoms with Crippen LogP contribution in [0.25, 0.3) is 0 Å². The quantitative estimate of drug-likeness (QED) is 0.180. The Hall–Kier alpha value is -2.17. The first kappa shape index (κ1) is 24.9. The summed E-state index contributed by atoms with van der Waals surface area (Å²) in [5.74, 6) is 3.56. The second kappa shape index (κ2) is 12.5. The molecule has 1 heterocycles. The predicted molar refractivity (Wildman–Crippen MR) is 150 cm³/mol. The molecule has 0 atom stereocenters. The zero-order valence-corrected chi connectivity index (χ0v) is 22.5. The smallest absolute Gasteiger partial charge is 0.277 e. The molecule has 1 amide bonds. The Kier molecular flexibility index (Phi) is 9.18. The van der Waals surface area contributed by atoms with Gasteiger partial charge in [0.05, 0.1) is 14.4 Å². The number of aryl methyl sites for hydroxylation is 1. The first-order valence-corrected chi connectivity index (χ1v) is 14.0. The molecular formula is C26H25IN2O3S2. The van der Waals surface area contributed by atoms with Crippen molar-refractivity contribution in [1.29, 1.82) is 0 Å². The highest BCUT2D eigenvalue weighted by molar-refractivity contribution is 14.1. The zero-order valence-electron chi connectivity index (χ0n) is 18.7. The summed E-state index contributed by atoms with van der Waals surface area (Å²) in [5, 5.41) is 4.04. The van der Waals surface area contributed by atoms with Gasteiger partial charge >= 0.3 is 0 Å². The summed E-state index contributed by atoms with van der Waals surface area (Å²) < 4.78 is 13.0. The van der Waals surface area contributed by atoms with Crippen molar-refractivity contribution in [3.63, 3.8) is 0 Å². The van der Waals surface area contributed by atoms with Crippen molar-refractivity contribution in [3.8, 4) is 11.5 Å². The highest BCUT2D eigenvalue weighted by Gasteiger charge is 2.18. The van der Waals surface area contributed by atoms with Crippen LogP contribution in [0.1, 0.15) is 26.8 Å². The molecule has 1 aliphatic rings. The molecule has 4 rings (SSSR count). The number of ether oxygens (including phenoxy) is 2. The summed E-state index contributed by atoms with van der Waals surface area (Å²) in [5.41, 5.74) is 7.01. The Labute approximate surface area is 222 Å². The van der Waals surface area contributed by atoms with Crippen molar-refractivity contribution in [2.24, 2.45) is 5.10 Å². The topological polar surface area (TPSA) is 59.9 Å². The van der Waals surface area contributed by atoms with E-state index in [-0.39, 0.29) is 12.5 Å². The number of nitrogens with one attached hydrogen (secondary N) is 1. The van der Waals surface area contributed by atoms with E-state index in [1.807, 2.05) is 59.9 Å². The van der Waals surface area contributed by atoms with Crippen molar-refractivity contribution in [2.45, 2.75) is 18.1 Å². The molecule has 0 bridgehead atoms. The summed E-state index contributed by atoms with van der Waals surface area (Å²) in [4.78, 5) is 12.1. The zero-order chi connectivity index (χ0) is 23.8. The van der Waals surface area contributed by atoms with Crippen molar-refractivity contribution in [1.82, 2.24) is 5.43 Å². The van der Waals surface area contributed by atoms with Crippen LogP contribution in [-0.4, -0.2) is 30.2 Å². The molecule has 0 spiro atoms. The van der Waals surface area contributed by atoms with Gasteiger partial charge in [0.15, 0.2) is 6.61 Å². The van der Waals surface area contributed by atoms with E-state index in [4.69, 9.17) is 9.47 Å². The van der Waals surface area contributed by atoms with Crippen LogP contribution >= 0.6 is 46.1 Å². The Bertz CT molecular complexity index is 1150. The van der Waals surface area contributed by atoms with Gasteiger partial charge in [0, 0.05) is 11.5 Å². The second-order valence-corrected chi connectivity index (χ2v) is 11.6. The number of benzene rings is 3. The average Bonchev–Trinajstić information content (AvgIpc) is 3.38. The van der Waals surface area contributed by atoms with Crippen LogP contribution in [0.2, 0.25) is 0 Å². The van der Waals surface area contributed by atoms with Gasteiger partial charge in [-0.1, -0.05) is 42.0 Å². The molecule has 1 aliphatic heterocycles. The molecule has 5 nitrogen and oxygen atoms in total. The lowest BCUT2D eigenvalue weighted by atomic mass is 10.1. The molecule has 0 radical (unpaired) electrons. The van der Waals surface area contributed by atoms with E-state index < -0.39 is 0 Å². The van der Waals surface area contributed by atoms with Gasteiger partial charge in [-0.25, -0.2) is 5.43 Å². The maximum atomic E-state index is 12.1. The minimum absolute atomic E-state index is 0.0904. The lowest BCUT2D eigenvalue weighted by Gasteiger charge is -2.10. The standard InChI is InChI=1S/C26H25IN2O3S2/c1-18-3-2-4-20(13-18)16-32-24-10-5-19(14-23(24)27)15-28-29-25(30)17-31-22-8-6-21(7-9-22)26-33-11-12-34-26/h2-10,13-15,26H,11-12,16-17H2,1H3,(H,29,30)/b28-15-. The molecule has 0 aromatic heterocycles. The van der Waals surface area contributed by atoms with Crippen LogP contribution in [-0.2, 0) is 11.4 Å². The van der Waals surface area contributed by atoms with E-state index >= 15 is 0 Å². The van der Waals surface area contributed by atoms with E-state index in [0.29, 0.717) is 16.9 Å². The molecule has 1 fully saturated rings. The van der Waals surface area contributed by atoms with E-state index in [0.717, 1.165) is 20.4 Å². The number of rotatable bonds is 9. The molecule has 34 heavy (non-hydrogen) atoms. The Morgan fingerprint density at radius 1 is 1.09 bits per heavy atom. The maximum absolute atomic E-state index is 12.1. The molecular weight excluding hydrogens is 579 g/mol. The molecule has 1 saturated heterocycles. The molecule has 0 unspecified atom stereocenters. The maximum Gasteiger partial charge on any atom is 0.277 e. The van der Waals surface area contributed by atoms with Gasteiger partial charge in [0.25, 0.3) is 5.91 Å². The van der Waals surface area contributed by atoms with Gasteiger partial charge in [-0.3, -0.25) is 4.79 Å². The summed E-state index contributed by atoms with van der Waals surface area (Å²) in [6, 6.07) is 22.0. The van der Waals surface area contributed by atoms with Gasteiger partial charge < -0.3 is 9.47 Å². The number of amides is 1. The van der Waals surface area contributed by atoms with Crippen molar-refractivity contribution in [2.75, 3.05) is 18.1 Å². The molecule has 8 heteroatoms. The number of hydrogen-bond donors (Lipinski definition) is 1. The van der Waals surface area contributed by atoms with Gasteiger partial charge in [0.2, 0.25) is 0 Å². The Morgan fingerprint density at radius 3 is 2.62 bits per heavy atom. The minimum atomic E-state index is -0.310. The van der Waals surface area contributed by atoms with Crippen LogP contribution in [0, 0.1) is 10.5 Å². The number of carbonyl (C=O) groups is 1. The fourth-order valence-corrected chi connectivity index (χ4v) is 6.86.